The van der Waals surface area contributed by atoms with Gasteiger partial charge >= 0.3 is 17.9 Å². The Bertz CT molecular complexity index is 1750. The van der Waals surface area contributed by atoms with Crippen LogP contribution in [0.2, 0.25) is 0 Å². The van der Waals surface area contributed by atoms with Crippen molar-refractivity contribution in [2.45, 2.75) is 167 Å². The van der Waals surface area contributed by atoms with E-state index < -0.39 is 125 Å². The zero-order valence-electron chi connectivity index (χ0n) is 34.5. The van der Waals surface area contributed by atoms with Gasteiger partial charge in [0.2, 0.25) is 0 Å². The Morgan fingerprint density at radius 1 is 0.729 bits per heavy atom. The molecule has 2 aliphatic heterocycles. The highest BCUT2D eigenvalue weighted by Gasteiger charge is 2.71. The van der Waals surface area contributed by atoms with Gasteiger partial charge in [0.05, 0.1) is 18.1 Å². The summed E-state index contributed by atoms with van der Waals surface area (Å²) in [5, 5.41) is 94.3. The Balaban J connectivity index is 1.19. The Hall–Kier alpha value is -2.58. The van der Waals surface area contributed by atoms with Crippen LogP contribution in [-0.4, -0.2) is 144 Å². The third-order valence-electron chi connectivity index (χ3n) is 17.4. The molecule has 7 rings (SSSR count). The lowest BCUT2D eigenvalue weighted by Gasteiger charge is -2.70. The van der Waals surface area contributed by atoms with Crippen molar-refractivity contribution < 1.29 is 84.1 Å². The lowest BCUT2D eigenvalue weighted by molar-refractivity contribution is -0.372. The number of carboxylic acid groups (broad SMARTS) is 3. The largest absolute Gasteiger partial charge is 0.481 e. The van der Waals surface area contributed by atoms with Gasteiger partial charge in [-0.1, -0.05) is 40.2 Å². The van der Waals surface area contributed by atoms with E-state index in [9.17, 15) is 65.1 Å². The number of aliphatic hydroxyl groups is 6. The molecule has 7 aliphatic rings. The summed E-state index contributed by atoms with van der Waals surface area (Å²) in [6, 6.07) is 0. The van der Waals surface area contributed by atoms with Gasteiger partial charge in [0.25, 0.3) is 0 Å². The summed E-state index contributed by atoms with van der Waals surface area (Å²) in [4.78, 5) is 51.4. The number of fused-ring (bicyclic) bond motifs is 7. The van der Waals surface area contributed by atoms with Crippen LogP contribution in [0.1, 0.15) is 99.3 Å². The van der Waals surface area contributed by atoms with Crippen molar-refractivity contribution in [3.8, 4) is 0 Å². The molecule has 59 heavy (non-hydrogen) atoms. The second-order valence-corrected chi connectivity index (χ2v) is 20.5. The van der Waals surface area contributed by atoms with Crippen LogP contribution in [0.5, 0.6) is 0 Å². The first-order valence-electron chi connectivity index (χ1n) is 20.9. The van der Waals surface area contributed by atoms with Crippen LogP contribution in [-0.2, 0) is 38.1 Å². The molecule has 9 N–H and O–H groups in total. The molecule has 2 heterocycles. The summed E-state index contributed by atoms with van der Waals surface area (Å²) in [5.74, 6) is -5.02. The molecule has 5 aliphatic carbocycles. The number of carbonyl (C=O) groups excluding carboxylic acids is 1. The van der Waals surface area contributed by atoms with E-state index in [1.807, 2.05) is 19.9 Å². The minimum Gasteiger partial charge on any atom is -0.481 e. The van der Waals surface area contributed by atoms with E-state index in [1.165, 1.54) is 0 Å². The standard InChI is InChI=1S/C42H62O17/c1-37-11-12-38(2,36(54)55)16-19(37)18-15-20(44)31-39(3)9-8-22(40(4,17-43)21(39)7-10-42(31,6)41(18,5)14-13-37)56-35-30(26(48)25(47)29(58-35)33(52)53)59-34-27(49)23(45)24(46)28(57-34)32(50)51/h15,19,21-31,34-35,43,45-49H,7-14,16-17H2,1-6H3,(H,50,51)(H,52,53)(H,54,55)/t19-,21+,22-,23-,24-,25-,26-,27+,28-,29-,30+,31+,34-,35+,37+,38+,39-,40+,41+,42+/m0/s1. The predicted molar refractivity (Wildman–Crippen MR) is 201 cm³/mol. The van der Waals surface area contributed by atoms with Crippen molar-refractivity contribution in [2.24, 2.45) is 50.2 Å². The molecule has 4 saturated carbocycles. The molecule has 0 aromatic rings. The summed E-state index contributed by atoms with van der Waals surface area (Å²) in [5.41, 5.74) is -2.63. The third-order valence-corrected chi connectivity index (χ3v) is 17.4. The average Bonchev–Trinajstić information content (AvgIpc) is 3.16. The first-order chi connectivity index (χ1) is 27.3. The fourth-order valence-corrected chi connectivity index (χ4v) is 13.4. The lowest BCUT2D eigenvalue weighted by atomic mass is 9.33. The number of carbonyl (C=O) groups is 4. The monoisotopic (exact) mass is 838 g/mol. The average molecular weight is 839 g/mol. The number of hydrogen-bond acceptors (Lipinski definition) is 14. The molecule has 0 bridgehead atoms. The molecule has 17 nitrogen and oxygen atoms in total. The van der Waals surface area contributed by atoms with Crippen molar-refractivity contribution in [1.82, 2.24) is 0 Å². The molecule has 20 atom stereocenters. The zero-order valence-corrected chi connectivity index (χ0v) is 34.5. The molecule has 6 fully saturated rings. The molecule has 0 amide bonds. The molecule has 0 aromatic carbocycles. The van der Waals surface area contributed by atoms with Crippen LogP contribution in [0.3, 0.4) is 0 Å². The van der Waals surface area contributed by atoms with E-state index in [0.717, 1.165) is 24.8 Å². The van der Waals surface area contributed by atoms with Gasteiger partial charge in [-0.05, 0) is 104 Å². The molecular weight excluding hydrogens is 776 g/mol. The molecular formula is C42H62O17. The highest BCUT2D eigenvalue weighted by molar-refractivity contribution is 5.95. The smallest absolute Gasteiger partial charge is 0.335 e. The Morgan fingerprint density at radius 2 is 1.32 bits per heavy atom. The van der Waals surface area contributed by atoms with Crippen molar-refractivity contribution in [3.05, 3.63) is 11.6 Å². The number of carboxylic acids is 3. The summed E-state index contributed by atoms with van der Waals surface area (Å²) in [6.07, 6.45) is -13.8. The van der Waals surface area contributed by atoms with E-state index in [0.29, 0.717) is 32.1 Å². The quantitative estimate of drug-likeness (QED) is 0.155. The van der Waals surface area contributed by atoms with Crippen molar-refractivity contribution in [2.75, 3.05) is 6.61 Å². The molecule has 0 spiro atoms. The van der Waals surface area contributed by atoms with Gasteiger partial charge in [-0.15, -0.1) is 0 Å². The van der Waals surface area contributed by atoms with Crippen molar-refractivity contribution in [1.29, 1.82) is 0 Å². The van der Waals surface area contributed by atoms with Gasteiger partial charge in [0.15, 0.2) is 30.6 Å². The van der Waals surface area contributed by atoms with E-state index in [-0.39, 0.29) is 29.5 Å². The van der Waals surface area contributed by atoms with E-state index in [1.54, 1.807) is 0 Å². The van der Waals surface area contributed by atoms with Crippen LogP contribution in [0, 0.1) is 50.2 Å². The van der Waals surface area contributed by atoms with Crippen LogP contribution in [0.15, 0.2) is 11.6 Å². The van der Waals surface area contributed by atoms with Gasteiger partial charge in [0, 0.05) is 11.3 Å². The Kier molecular flexibility index (Phi) is 11.1. The van der Waals surface area contributed by atoms with E-state index >= 15 is 0 Å². The van der Waals surface area contributed by atoms with Crippen LogP contribution >= 0.6 is 0 Å². The second-order valence-electron chi connectivity index (χ2n) is 20.5. The maximum atomic E-state index is 14.9. The number of aliphatic carboxylic acids is 3. The highest BCUT2D eigenvalue weighted by Crippen LogP contribution is 2.75. The Labute approximate surface area is 342 Å². The first-order valence-corrected chi connectivity index (χ1v) is 20.9. The SMILES string of the molecule is C[C@@]1(C(=O)O)CC[C@]2(C)CC[C@]3(C)C(=CC(=O)[C@@H]4[C@@]5(C)CC[C@H](O[C@@H]6O[C@H](C(=O)O)[C@@H](O)[C@H](O)[C@H]6O[C@@H]6O[C@H](C(=O)O)[C@@H](O)[C@H](O)[C@H]6O)[C@](C)(CO)[C@@H]5CC[C@]43C)[C@@H]2C1. The number of hydrogen-bond donors (Lipinski definition) is 9. The minimum atomic E-state index is -2.10. The van der Waals surface area contributed by atoms with Gasteiger partial charge in [-0.25, -0.2) is 9.59 Å². The topological polar surface area (TPSA) is 287 Å². The van der Waals surface area contributed by atoms with Crippen LogP contribution in [0.25, 0.3) is 0 Å². The Morgan fingerprint density at radius 3 is 1.92 bits per heavy atom. The molecule has 0 unspecified atom stereocenters. The second kappa shape index (κ2) is 14.8. The summed E-state index contributed by atoms with van der Waals surface area (Å²) in [7, 11) is 0. The van der Waals surface area contributed by atoms with E-state index in [4.69, 9.17) is 18.9 Å². The number of allylic oxidation sites excluding steroid dienone is 2. The van der Waals surface area contributed by atoms with Gasteiger partial charge < -0.3 is 64.9 Å². The maximum absolute atomic E-state index is 14.9. The maximum Gasteiger partial charge on any atom is 0.335 e. The lowest BCUT2D eigenvalue weighted by Crippen LogP contribution is -2.69. The fraction of sp³-hybridized carbons (Fsp3) is 0.857. The van der Waals surface area contributed by atoms with E-state index in [2.05, 4.69) is 27.7 Å². The van der Waals surface area contributed by atoms with Gasteiger partial charge in [-0.3, -0.25) is 9.59 Å². The van der Waals surface area contributed by atoms with Crippen molar-refractivity contribution in [3.63, 3.8) is 0 Å². The molecule has 0 aromatic heterocycles. The number of aliphatic hydroxyl groups excluding tert-OH is 6. The predicted octanol–water partition coefficient (Wildman–Crippen LogP) is 1.22. The normalized spacial score (nSPS) is 53.5. The van der Waals surface area contributed by atoms with Crippen molar-refractivity contribution >= 4 is 23.7 Å². The molecule has 0 radical (unpaired) electrons. The highest BCUT2D eigenvalue weighted by atomic mass is 16.8. The van der Waals surface area contributed by atoms with Gasteiger partial charge in [0.1, 0.15) is 36.6 Å². The van der Waals surface area contributed by atoms with Gasteiger partial charge in [-0.2, -0.15) is 0 Å². The number of ketones is 1. The van der Waals surface area contributed by atoms with Crippen LogP contribution < -0.4 is 0 Å². The zero-order chi connectivity index (χ0) is 43.6. The van der Waals surface area contributed by atoms with Crippen LogP contribution in [0.4, 0.5) is 0 Å². The number of rotatable bonds is 8. The summed E-state index contributed by atoms with van der Waals surface area (Å²) in [6.45, 7) is 12.0. The molecule has 17 heteroatoms. The summed E-state index contributed by atoms with van der Waals surface area (Å²) < 4.78 is 23.2. The minimum absolute atomic E-state index is 0.0119. The summed E-state index contributed by atoms with van der Waals surface area (Å²) >= 11 is 0. The fourth-order valence-electron chi connectivity index (χ4n) is 13.4. The first kappa shape index (κ1) is 44.5. The third kappa shape index (κ3) is 6.46. The number of ether oxygens (including phenoxy) is 4. The molecule has 332 valence electrons. The molecule has 2 saturated heterocycles.